The number of aliphatic hydroxyl groups is 1. The summed E-state index contributed by atoms with van der Waals surface area (Å²) in [7, 11) is 0. The zero-order valence-electron chi connectivity index (χ0n) is 14.4. The van der Waals surface area contributed by atoms with Crippen molar-refractivity contribution in [2.24, 2.45) is 0 Å². The van der Waals surface area contributed by atoms with Gasteiger partial charge in [0.15, 0.2) is 0 Å². The molecule has 1 saturated heterocycles. The molecular formula is C20H25ClN2O. The Kier molecular flexibility index (Phi) is 5.44. The van der Waals surface area contributed by atoms with Gasteiger partial charge in [-0.1, -0.05) is 41.9 Å². The van der Waals surface area contributed by atoms with E-state index in [2.05, 4.69) is 41.8 Å². The minimum Gasteiger partial charge on any atom is -0.387 e. The molecule has 1 atom stereocenters. The lowest BCUT2D eigenvalue weighted by Crippen LogP contribution is -2.47. The molecule has 1 heterocycles. The van der Waals surface area contributed by atoms with Crippen LogP contribution in [0.25, 0.3) is 0 Å². The van der Waals surface area contributed by atoms with Gasteiger partial charge in [-0.3, -0.25) is 4.90 Å². The van der Waals surface area contributed by atoms with Crippen LogP contribution in [0.3, 0.4) is 0 Å². The van der Waals surface area contributed by atoms with E-state index in [4.69, 9.17) is 11.6 Å². The lowest BCUT2D eigenvalue weighted by Gasteiger charge is -2.37. The number of piperazine rings is 1. The topological polar surface area (TPSA) is 26.7 Å². The van der Waals surface area contributed by atoms with Crippen LogP contribution in [0.1, 0.15) is 22.8 Å². The average Bonchev–Trinajstić information content (AvgIpc) is 2.58. The molecule has 0 aromatic heterocycles. The highest BCUT2D eigenvalue weighted by molar-refractivity contribution is 6.31. The van der Waals surface area contributed by atoms with Crippen molar-refractivity contribution in [3.05, 3.63) is 64.2 Å². The number of halogens is 1. The summed E-state index contributed by atoms with van der Waals surface area (Å²) in [5.74, 6) is 0. The van der Waals surface area contributed by atoms with Gasteiger partial charge in [-0.25, -0.2) is 0 Å². The quantitative estimate of drug-likeness (QED) is 0.913. The van der Waals surface area contributed by atoms with Gasteiger partial charge in [-0.2, -0.15) is 0 Å². The third kappa shape index (κ3) is 3.75. The summed E-state index contributed by atoms with van der Waals surface area (Å²) < 4.78 is 0. The maximum atomic E-state index is 10.5. The number of aryl methyl sites for hydroxylation is 1. The van der Waals surface area contributed by atoms with E-state index in [9.17, 15) is 5.11 Å². The van der Waals surface area contributed by atoms with Gasteiger partial charge in [0.2, 0.25) is 0 Å². The molecule has 3 rings (SSSR count). The smallest absolute Gasteiger partial charge is 0.0931 e. The fourth-order valence-corrected chi connectivity index (χ4v) is 3.60. The fraction of sp³-hybridized carbons (Fsp3) is 0.400. The summed E-state index contributed by atoms with van der Waals surface area (Å²) in [6.07, 6.45) is -0.536. The van der Waals surface area contributed by atoms with Crippen LogP contribution in [0, 0.1) is 13.8 Å². The maximum absolute atomic E-state index is 10.5. The van der Waals surface area contributed by atoms with Crippen LogP contribution in [0.5, 0.6) is 0 Å². The summed E-state index contributed by atoms with van der Waals surface area (Å²) in [5.41, 5.74) is 4.85. The highest BCUT2D eigenvalue weighted by atomic mass is 35.5. The number of aliphatic hydroxyl groups excluding tert-OH is 1. The molecule has 1 aliphatic heterocycles. The van der Waals surface area contributed by atoms with Gasteiger partial charge >= 0.3 is 0 Å². The first-order valence-corrected chi connectivity index (χ1v) is 8.90. The van der Waals surface area contributed by atoms with Gasteiger partial charge in [0.1, 0.15) is 0 Å². The Hall–Kier alpha value is -1.55. The zero-order valence-corrected chi connectivity index (χ0v) is 15.1. The van der Waals surface area contributed by atoms with Crippen molar-refractivity contribution in [2.45, 2.75) is 20.0 Å². The van der Waals surface area contributed by atoms with Crippen molar-refractivity contribution < 1.29 is 5.11 Å². The Bertz CT molecular complexity index is 696. The number of anilines is 1. The predicted octanol–water partition coefficient (Wildman–Crippen LogP) is 3.81. The van der Waals surface area contributed by atoms with E-state index in [0.29, 0.717) is 11.6 Å². The third-order valence-electron chi connectivity index (χ3n) is 4.98. The summed E-state index contributed by atoms with van der Waals surface area (Å²) in [5, 5.41) is 11.1. The van der Waals surface area contributed by atoms with Gasteiger partial charge in [0, 0.05) is 49.0 Å². The van der Waals surface area contributed by atoms with Crippen LogP contribution in [-0.4, -0.2) is 42.7 Å². The maximum Gasteiger partial charge on any atom is 0.0931 e. The minimum atomic E-state index is -0.536. The molecule has 128 valence electrons. The Morgan fingerprint density at radius 2 is 1.71 bits per heavy atom. The summed E-state index contributed by atoms with van der Waals surface area (Å²) in [6, 6.07) is 14.0. The van der Waals surface area contributed by atoms with Gasteiger partial charge < -0.3 is 10.0 Å². The molecule has 4 heteroatoms. The SMILES string of the molecule is Cc1cccc(N2CCN(C[C@@H](O)c3ccccc3Cl)CC2)c1C. The molecule has 0 aliphatic carbocycles. The van der Waals surface area contributed by atoms with Crippen molar-refractivity contribution in [1.29, 1.82) is 0 Å². The van der Waals surface area contributed by atoms with Gasteiger partial charge in [0.05, 0.1) is 6.10 Å². The molecular weight excluding hydrogens is 320 g/mol. The van der Waals surface area contributed by atoms with Crippen molar-refractivity contribution >= 4 is 17.3 Å². The molecule has 24 heavy (non-hydrogen) atoms. The van der Waals surface area contributed by atoms with Crippen LogP contribution in [0.2, 0.25) is 5.02 Å². The molecule has 2 aromatic carbocycles. The van der Waals surface area contributed by atoms with E-state index in [1.54, 1.807) is 0 Å². The minimum absolute atomic E-state index is 0.536. The van der Waals surface area contributed by atoms with Crippen LogP contribution >= 0.6 is 11.6 Å². The van der Waals surface area contributed by atoms with E-state index < -0.39 is 6.10 Å². The third-order valence-corrected chi connectivity index (χ3v) is 5.33. The van der Waals surface area contributed by atoms with E-state index >= 15 is 0 Å². The van der Waals surface area contributed by atoms with Gasteiger partial charge in [0.25, 0.3) is 0 Å². The van der Waals surface area contributed by atoms with E-state index in [1.807, 2.05) is 24.3 Å². The Labute approximate surface area is 149 Å². The number of hydrogen-bond donors (Lipinski definition) is 1. The molecule has 0 bridgehead atoms. The van der Waals surface area contributed by atoms with E-state index in [0.717, 1.165) is 31.7 Å². The largest absolute Gasteiger partial charge is 0.387 e. The second-order valence-corrected chi connectivity index (χ2v) is 6.95. The highest BCUT2D eigenvalue weighted by Gasteiger charge is 2.22. The lowest BCUT2D eigenvalue weighted by atomic mass is 10.1. The standard InChI is InChI=1S/C20H25ClN2O/c1-15-6-5-9-19(16(15)2)23-12-10-22(11-13-23)14-20(24)17-7-3-4-8-18(17)21/h3-9,20,24H,10-14H2,1-2H3/t20-/m1/s1. The molecule has 2 aromatic rings. The summed E-state index contributed by atoms with van der Waals surface area (Å²) in [4.78, 5) is 4.76. The molecule has 0 saturated carbocycles. The lowest BCUT2D eigenvalue weighted by molar-refractivity contribution is 0.109. The summed E-state index contributed by atoms with van der Waals surface area (Å²) >= 11 is 6.19. The second kappa shape index (κ2) is 7.56. The summed E-state index contributed by atoms with van der Waals surface area (Å²) in [6.45, 7) is 8.86. The number of hydrogen-bond acceptors (Lipinski definition) is 3. The molecule has 3 nitrogen and oxygen atoms in total. The van der Waals surface area contributed by atoms with Crippen LogP contribution in [0.4, 0.5) is 5.69 Å². The van der Waals surface area contributed by atoms with Gasteiger partial charge in [-0.05, 0) is 37.1 Å². The fourth-order valence-electron chi connectivity index (χ4n) is 3.34. The van der Waals surface area contributed by atoms with Crippen LogP contribution < -0.4 is 4.90 Å². The molecule has 0 spiro atoms. The first-order valence-electron chi connectivity index (χ1n) is 8.52. The molecule has 1 fully saturated rings. The van der Waals surface area contributed by atoms with Crippen molar-refractivity contribution in [3.8, 4) is 0 Å². The van der Waals surface area contributed by atoms with Crippen LogP contribution in [0.15, 0.2) is 42.5 Å². The molecule has 1 N–H and O–H groups in total. The van der Waals surface area contributed by atoms with Crippen molar-refractivity contribution in [3.63, 3.8) is 0 Å². The monoisotopic (exact) mass is 344 g/mol. The Balaban J connectivity index is 1.59. The number of nitrogens with zero attached hydrogens (tertiary/aromatic N) is 2. The number of rotatable bonds is 4. The predicted molar refractivity (Wildman–Crippen MR) is 101 cm³/mol. The van der Waals surface area contributed by atoms with E-state index in [-0.39, 0.29) is 0 Å². The molecule has 0 amide bonds. The average molecular weight is 345 g/mol. The van der Waals surface area contributed by atoms with Crippen molar-refractivity contribution in [1.82, 2.24) is 4.90 Å². The number of benzene rings is 2. The first kappa shape index (κ1) is 17.3. The van der Waals surface area contributed by atoms with Crippen LogP contribution in [-0.2, 0) is 0 Å². The number of β-amino-alcohol motifs (C(OH)–C–C–N with tert-alkyl or cyclic N) is 1. The van der Waals surface area contributed by atoms with E-state index in [1.165, 1.54) is 16.8 Å². The first-order chi connectivity index (χ1) is 11.6. The van der Waals surface area contributed by atoms with Crippen molar-refractivity contribution in [2.75, 3.05) is 37.6 Å². The molecule has 1 aliphatic rings. The highest BCUT2D eigenvalue weighted by Crippen LogP contribution is 2.26. The van der Waals surface area contributed by atoms with Gasteiger partial charge in [-0.15, -0.1) is 0 Å². The normalized spacial score (nSPS) is 17.1. The second-order valence-electron chi connectivity index (χ2n) is 6.54. The molecule has 0 radical (unpaired) electrons. The zero-order chi connectivity index (χ0) is 17.1. The Morgan fingerprint density at radius 3 is 2.42 bits per heavy atom. The Morgan fingerprint density at radius 1 is 1.00 bits per heavy atom. The molecule has 0 unspecified atom stereocenters.